The van der Waals surface area contributed by atoms with Gasteiger partial charge in [0, 0.05) is 25.2 Å². The molecule has 2 saturated heterocycles. The third-order valence-electron chi connectivity index (χ3n) is 4.71. The Bertz CT molecular complexity index is 239. The Kier molecular flexibility index (Phi) is 3.18. The summed E-state index contributed by atoms with van der Waals surface area (Å²) < 4.78 is 0. The molecule has 3 aliphatic rings. The molecule has 1 saturated carbocycles. The molecule has 92 valence electrons. The Labute approximate surface area is 99.0 Å². The third kappa shape index (κ3) is 2.13. The maximum absolute atomic E-state index is 5.98. The van der Waals surface area contributed by atoms with Crippen molar-refractivity contribution in [3.8, 4) is 0 Å². The Balaban J connectivity index is 1.65. The van der Waals surface area contributed by atoms with Gasteiger partial charge < -0.3 is 5.73 Å². The number of fused-ring (bicyclic) bond motifs is 1. The SMILES string of the molecule is NCC(C1CC1)N1CCCN2CCCC2C1. The Morgan fingerprint density at radius 1 is 1.06 bits per heavy atom. The van der Waals surface area contributed by atoms with E-state index < -0.39 is 0 Å². The highest BCUT2D eigenvalue weighted by atomic mass is 15.3. The lowest BCUT2D eigenvalue weighted by Gasteiger charge is -2.32. The van der Waals surface area contributed by atoms with Crippen LogP contribution in [0, 0.1) is 5.92 Å². The van der Waals surface area contributed by atoms with Crippen molar-refractivity contribution < 1.29 is 0 Å². The molecule has 0 radical (unpaired) electrons. The molecule has 0 aromatic carbocycles. The van der Waals surface area contributed by atoms with Gasteiger partial charge in [-0.1, -0.05) is 0 Å². The second-order valence-electron chi connectivity index (χ2n) is 5.82. The first-order valence-electron chi connectivity index (χ1n) is 7.06. The van der Waals surface area contributed by atoms with Crippen LogP contribution in [0.2, 0.25) is 0 Å². The van der Waals surface area contributed by atoms with Crippen LogP contribution in [0.4, 0.5) is 0 Å². The van der Waals surface area contributed by atoms with E-state index in [-0.39, 0.29) is 0 Å². The van der Waals surface area contributed by atoms with Crippen LogP contribution in [0.3, 0.4) is 0 Å². The first kappa shape index (κ1) is 11.0. The Hall–Kier alpha value is -0.120. The summed E-state index contributed by atoms with van der Waals surface area (Å²) in [7, 11) is 0. The fourth-order valence-corrected chi connectivity index (χ4v) is 3.66. The Morgan fingerprint density at radius 3 is 2.62 bits per heavy atom. The van der Waals surface area contributed by atoms with Crippen molar-refractivity contribution >= 4 is 0 Å². The topological polar surface area (TPSA) is 32.5 Å². The van der Waals surface area contributed by atoms with Gasteiger partial charge in [-0.2, -0.15) is 0 Å². The number of hydrogen-bond donors (Lipinski definition) is 1. The van der Waals surface area contributed by atoms with E-state index >= 15 is 0 Å². The zero-order valence-corrected chi connectivity index (χ0v) is 10.3. The summed E-state index contributed by atoms with van der Waals surface area (Å²) >= 11 is 0. The third-order valence-corrected chi connectivity index (χ3v) is 4.71. The lowest BCUT2D eigenvalue weighted by Crippen LogP contribution is -2.46. The highest BCUT2D eigenvalue weighted by Crippen LogP contribution is 2.36. The van der Waals surface area contributed by atoms with E-state index in [4.69, 9.17) is 5.73 Å². The molecule has 1 aliphatic carbocycles. The van der Waals surface area contributed by atoms with Crippen molar-refractivity contribution in [1.29, 1.82) is 0 Å². The summed E-state index contributed by atoms with van der Waals surface area (Å²) in [6, 6.07) is 1.54. The van der Waals surface area contributed by atoms with E-state index in [0.717, 1.165) is 18.5 Å². The lowest BCUT2D eigenvalue weighted by atomic mass is 10.1. The summed E-state index contributed by atoms with van der Waals surface area (Å²) in [5.41, 5.74) is 5.98. The predicted octanol–water partition coefficient (Wildman–Crippen LogP) is 0.894. The second-order valence-corrected chi connectivity index (χ2v) is 5.82. The monoisotopic (exact) mass is 223 g/mol. The van der Waals surface area contributed by atoms with Gasteiger partial charge in [0.2, 0.25) is 0 Å². The smallest absolute Gasteiger partial charge is 0.0247 e. The van der Waals surface area contributed by atoms with Gasteiger partial charge in [0.15, 0.2) is 0 Å². The molecule has 0 bridgehead atoms. The largest absolute Gasteiger partial charge is 0.329 e. The Morgan fingerprint density at radius 2 is 1.88 bits per heavy atom. The fourth-order valence-electron chi connectivity index (χ4n) is 3.66. The zero-order chi connectivity index (χ0) is 11.0. The van der Waals surface area contributed by atoms with Crippen molar-refractivity contribution in [2.45, 2.75) is 44.2 Å². The van der Waals surface area contributed by atoms with E-state index in [1.54, 1.807) is 0 Å². The minimum absolute atomic E-state index is 0.695. The number of nitrogens with two attached hydrogens (primary N) is 1. The molecule has 3 rings (SSSR count). The van der Waals surface area contributed by atoms with Crippen LogP contribution in [0.25, 0.3) is 0 Å². The van der Waals surface area contributed by atoms with Crippen LogP contribution in [0.1, 0.15) is 32.1 Å². The first-order chi connectivity index (χ1) is 7.88. The average Bonchev–Trinajstić information content (AvgIpc) is 3.06. The normalized spacial score (nSPS) is 34.7. The fraction of sp³-hybridized carbons (Fsp3) is 1.00. The second kappa shape index (κ2) is 4.63. The molecule has 0 aromatic rings. The zero-order valence-electron chi connectivity index (χ0n) is 10.3. The van der Waals surface area contributed by atoms with Crippen LogP contribution in [0.5, 0.6) is 0 Å². The van der Waals surface area contributed by atoms with Gasteiger partial charge in [-0.05, 0) is 57.7 Å². The summed E-state index contributed by atoms with van der Waals surface area (Å²) in [5.74, 6) is 0.929. The van der Waals surface area contributed by atoms with Crippen molar-refractivity contribution in [1.82, 2.24) is 9.80 Å². The molecule has 16 heavy (non-hydrogen) atoms. The van der Waals surface area contributed by atoms with Crippen molar-refractivity contribution in [3.63, 3.8) is 0 Å². The summed E-state index contributed by atoms with van der Waals surface area (Å²) in [5, 5.41) is 0. The van der Waals surface area contributed by atoms with E-state index in [1.165, 1.54) is 58.3 Å². The predicted molar refractivity (Wildman–Crippen MR) is 66.4 cm³/mol. The lowest BCUT2D eigenvalue weighted by molar-refractivity contribution is 0.161. The van der Waals surface area contributed by atoms with E-state index in [9.17, 15) is 0 Å². The molecule has 0 spiro atoms. The van der Waals surface area contributed by atoms with Crippen LogP contribution in [0.15, 0.2) is 0 Å². The summed E-state index contributed by atoms with van der Waals surface area (Å²) in [4.78, 5) is 5.42. The van der Waals surface area contributed by atoms with Gasteiger partial charge >= 0.3 is 0 Å². The maximum Gasteiger partial charge on any atom is 0.0247 e. The molecule has 0 amide bonds. The van der Waals surface area contributed by atoms with Gasteiger partial charge in [-0.3, -0.25) is 9.80 Å². The summed E-state index contributed by atoms with van der Waals surface area (Å²) in [6.07, 6.45) is 7.02. The van der Waals surface area contributed by atoms with Gasteiger partial charge in [0.25, 0.3) is 0 Å². The number of hydrogen-bond acceptors (Lipinski definition) is 3. The standard InChI is InChI=1S/C13H25N3/c14-9-13(11-4-5-11)16-8-2-7-15-6-1-3-12(15)10-16/h11-13H,1-10,14H2. The minimum atomic E-state index is 0.695. The molecule has 3 fully saturated rings. The minimum Gasteiger partial charge on any atom is -0.329 e. The molecule has 2 unspecified atom stereocenters. The van der Waals surface area contributed by atoms with E-state index in [1.807, 2.05) is 0 Å². The molecule has 2 N–H and O–H groups in total. The van der Waals surface area contributed by atoms with Gasteiger partial charge in [0.1, 0.15) is 0 Å². The van der Waals surface area contributed by atoms with Crippen LogP contribution in [-0.4, -0.2) is 54.6 Å². The van der Waals surface area contributed by atoms with Crippen LogP contribution in [-0.2, 0) is 0 Å². The molecule has 3 nitrogen and oxygen atoms in total. The highest BCUT2D eigenvalue weighted by molar-refractivity contribution is 4.93. The number of rotatable bonds is 3. The average molecular weight is 223 g/mol. The first-order valence-corrected chi connectivity index (χ1v) is 7.06. The highest BCUT2D eigenvalue weighted by Gasteiger charge is 2.37. The van der Waals surface area contributed by atoms with Crippen LogP contribution < -0.4 is 5.73 Å². The molecule has 2 heterocycles. The maximum atomic E-state index is 5.98. The molecular formula is C13H25N3. The van der Waals surface area contributed by atoms with Crippen molar-refractivity contribution in [2.75, 3.05) is 32.7 Å². The van der Waals surface area contributed by atoms with Gasteiger partial charge in [-0.25, -0.2) is 0 Å². The van der Waals surface area contributed by atoms with E-state index in [0.29, 0.717) is 6.04 Å². The van der Waals surface area contributed by atoms with Gasteiger partial charge in [-0.15, -0.1) is 0 Å². The van der Waals surface area contributed by atoms with E-state index in [2.05, 4.69) is 9.80 Å². The molecular weight excluding hydrogens is 198 g/mol. The molecule has 2 atom stereocenters. The quantitative estimate of drug-likeness (QED) is 0.771. The summed E-state index contributed by atoms with van der Waals surface area (Å²) in [6.45, 7) is 6.11. The molecule has 3 heteroatoms. The van der Waals surface area contributed by atoms with Gasteiger partial charge in [0.05, 0.1) is 0 Å². The molecule has 0 aromatic heterocycles. The number of nitrogens with zero attached hydrogens (tertiary/aromatic N) is 2. The van der Waals surface area contributed by atoms with Crippen LogP contribution >= 0.6 is 0 Å². The molecule has 2 aliphatic heterocycles. The van der Waals surface area contributed by atoms with Crippen molar-refractivity contribution in [2.24, 2.45) is 11.7 Å². The van der Waals surface area contributed by atoms with Crippen molar-refractivity contribution in [3.05, 3.63) is 0 Å².